The topological polar surface area (TPSA) is 43.1 Å². The van der Waals surface area contributed by atoms with Crippen LogP contribution in [0, 0.1) is 0 Å². The normalized spacial score (nSPS) is 12.0. The minimum atomic E-state index is 0.0872. The molecule has 18 heavy (non-hydrogen) atoms. The fraction of sp³-hybridized carbons (Fsp3) is 0.188. The lowest BCUT2D eigenvalue weighted by molar-refractivity contribution is 0.103. The number of hydrogen-bond acceptors (Lipinski definition) is 2. The Labute approximate surface area is 107 Å². The average Bonchev–Trinajstić information content (AvgIpc) is 2.42. The minimum Gasteiger partial charge on any atom is -0.399 e. The first-order valence-corrected chi connectivity index (χ1v) is 6.27. The van der Waals surface area contributed by atoms with Crippen LogP contribution in [-0.4, -0.2) is 5.78 Å². The first-order valence-electron chi connectivity index (χ1n) is 6.27. The molecular formula is C16H17NO. The maximum absolute atomic E-state index is 12.2. The molecule has 0 saturated carbocycles. The molecule has 0 spiro atoms. The Morgan fingerprint density at radius 2 is 1.61 bits per heavy atom. The van der Waals surface area contributed by atoms with E-state index >= 15 is 0 Å². The number of hydrogen-bond donors (Lipinski definition) is 1. The third kappa shape index (κ3) is 2.02. The van der Waals surface area contributed by atoms with Gasteiger partial charge in [0.25, 0.3) is 0 Å². The van der Waals surface area contributed by atoms with E-state index < -0.39 is 0 Å². The van der Waals surface area contributed by atoms with Crippen LogP contribution in [0.15, 0.2) is 42.5 Å². The van der Waals surface area contributed by atoms with Gasteiger partial charge in [0.05, 0.1) is 0 Å². The third-order valence-electron chi connectivity index (χ3n) is 3.02. The lowest BCUT2D eigenvalue weighted by atomic mass is 9.85. The number of carbonyl (C=O) groups is 1. The zero-order chi connectivity index (χ0) is 13.1. The molecule has 0 bridgehead atoms. The molecule has 0 radical (unpaired) electrons. The van der Waals surface area contributed by atoms with Crippen LogP contribution in [0.25, 0.3) is 0 Å². The van der Waals surface area contributed by atoms with E-state index in [1.165, 1.54) is 0 Å². The first kappa shape index (κ1) is 12.4. The van der Waals surface area contributed by atoms with Crippen molar-refractivity contribution in [1.29, 1.82) is 0 Å². The molecule has 2 nitrogen and oxygen atoms in total. The van der Waals surface area contributed by atoms with E-state index in [-0.39, 0.29) is 5.78 Å². The maximum atomic E-state index is 12.2. The van der Waals surface area contributed by atoms with Gasteiger partial charge in [0.2, 0.25) is 0 Å². The van der Waals surface area contributed by atoms with Crippen molar-refractivity contribution in [3.63, 3.8) is 0 Å². The molecule has 0 fully saturated rings. The molecule has 0 aromatic heterocycles. The third-order valence-corrected chi connectivity index (χ3v) is 3.02. The number of benzene rings is 2. The van der Waals surface area contributed by atoms with Gasteiger partial charge < -0.3 is 5.73 Å². The summed E-state index contributed by atoms with van der Waals surface area (Å²) in [6, 6.07) is 13.3. The summed E-state index contributed by atoms with van der Waals surface area (Å²) in [6.07, 6.45) is 0.817. The largest absolute Gasteiger partial charge is 0.399 e. The summed E-state index contributed by atoms with van der Waals surface area (Å²) in [4.78, 5) is 12.2. The molecule has 2 heteroatoms. The van der Waals surface area contributed by atoms with Gasteiger partial charge in [-0.3, -0.25) is 4.79 Å². The van der Waals surface area contributed by atoms with E-state index in [9.17, 15) is 4.79 Å². The number of carbonyl (C=O) groups excluding carboxylic acids is 1. The van der Waals surface area contributed by atoms with Gasteiger partial charge in [-0.2, -0.15) is 0 Å². The van der Waals surface area contributed by atoms with Crippen molar-refractivity contribution in [2.45, 2.75) is 20.3 Å². The van der Waals surface area contributed by atoms with Crippen LogP contribution < -0.4 is 5.73 Å². The van der Waals surface area contributed by atoms with Crippen LogP contribution in [0.2, 0.25) is 0 Å². The molecular weight excluding hydrogens is 222 g/mol. The summed E-state index contributed by atoms with van der Waals surface area (Å²) < 4.78 is 0. The summed E-state index contributed by atoms with van der Waals surface area (Å²) in [5, 5.41) is 0. The van der Waals surface area contributed by atoms with Crippen LogP contribution in [0.5, 0.6) is 0 Å². The summed E-state index contributed by atoms with van der Waals surface area (Å²) >= 11 is 0. The average molecular weight is 239 g/mol. The van der Waals surface area contributed by atoms with Gasteiger partial charge in [0.1, 0.15) is 0 Å². The Hall–Kier alpha value is -2.09. The van der Waals surface area contributed by atoms with Crippen molar-refractivity contribution in [1.82, 2.24) is 0 Å². The molecule has 1 aliphatic carbocycles. The molecule has 2 N–H and O–H groups in total. The Bertz CT molecular complexity index is 587. The van der Waals surface area contributed by atoms with Gasteiger partial charge in [0.15, 0.2) is 5.78 Å². The standard InChI is InChI=1S/C14H11NO.C2H6/c15-11-6-5-10-7-9-3-1-2-4-12(9)14(16)13(10)8-11;1-2/h1-6,8H,7,15H2;1-2H3. The fourth-order valence-electron chi connectivity index (χ4n) is 2.21. The van der Waals surface area contributed by atoms with Crippen molar-refractivity contribution in [2.75, 3.05) is 5.73 Å². The van der Waals surface area contributed by atoms with E-state index in [2.05, 4.69) is 0 Å². The Kier molecular flexibility index (Phi) is 3.47. The minimum absolute atomic E-state index is 0.0872. The molecule has 0 atom stereocenters. The quantitative estimate of drug-likeness (QED) is 0.611. The number of nitrogens with two attached hydrogens (primary N) is 1. The molecule has 0 amide bonds. The zero-order valence-corrected chi connectivity index (χ0v) is 10.7. The molecule has 2 aromatic carbocycles. The van der Waals surface area contributed by atoms with Gasteiger partial charge in [-0.05, 0) is 29.7 Å². The molecule has 92 valence electrons. The van der Waals surface area contributed by atoms with E-state index in [0.717, 1.165) is 28.7 Å². The first-order chi connectivity index (χ1) is 8.75. The van der Waals surface area contributed by atoms with E-state index in [1.807, 2.05) is 50.2 Å². The van der Waals surface area contributed by atoms with E-state index in [1.54, 1.807) is 6.07 Å². The SMILES string of the molecule is CC.Nc1ccc2c(c1)C(=O)c1ccccc1C2. The number of anilines is 1. The van der Waals surface area contributed by atoms with Crippen LogP contribution >= 0.6 is 0 Å². The van der Waals surface area contributed by atoms with Crippen molar-refractivity contribution in [3.05, 3.63) is 64.7 Å². The van der Waals surface area contributed by atoms with Crippen LogP contribution in [-0.2, 0) is 6.42 Å². The molecule has 2 aromatic rings. The highest BCUT2D eigenvalue weighted by Crippen LogP contribution is 2.28. The molecule has 0 saturated heterocycles. The second-order valence-electron chi connectivity index (χ2n) is 4.08. The number of ketones is 1. The van der Waals surface area contributed by atoms with Gasteiger partial charge in [0, 0.05) is 16.8 Å². The van der Waals surface area contributed by atoms with Crippen LogP contribution in [0.1, 0.15) is 40.9 Å². The zero-order valence-electron chi connectivity index (χ0n) is 10.7. The lowest BCUT2D eigenvalue weighted by Crippen LogP contribution is -2.15. The second kappa shape index (κ2) is 5.05. The van der Waals surface area contributed by atoms with Gasteiger partial charge >= 0.3 is 0 Å². The Morgan fingerprint density at radius 3 is 2.39 bits per heavy atom. The van der Waals surface area contributed by atoms with E-state index in [4.69, 9.17) is 5.73 Å². The Morgan fingerprint density at radius 1 is 0.944 bits per heavy atom. The van der Waals surface area contributed by atoms with Crippen molar-refractivity contribution in [3.8, 4) is 0 Å². The van der Waals surface area contributed by atoms with Gasteiger partial charge in [-0.1, -0.05) is 44.2 Å². The van der Waals surface area contributed by atoms with Crippen LogP contribution in [0.4, 0.5) is 5.69 Å². The summed E-state index contributed by atoms with van der Waals surface area (Å²) in [5.74, 6) is 0.0872. The molecule has 0 heterocycles. The smallest absolute Gasteiger partial charge is 0.193 e. The predicted octanol–water partition coefficient (Wildman–Crippen LogP) is 3.43. The Balaban J connectivity index is 0.000000574. The lowest BCUT2D eigenvalue weighted by Gasteiger charge is -2.18. The predicted molar refractivity (Wildman–Crippen MR) is 74.9 cm³/mol. The maximum Gasteiger partial charge on any atom is 0.193 e. The van der Waals surface area contributed by atoms with Crippen molar-refractivity contribution < 1.29 is 4.79 Å². The summed E-state index contributed by atoms with van der Waals surface area (Å²) in [6.45, 7) is 4.00. The fourth-order valence-corrected chi connectivity index (χ4v) is 2.21. The highest BCUT2D eigenvalue weighted by Gasteiger charge is 2.22. The van der Waals surface area contributed by atoms with Crippen molar-refractivity contribution in [2.24, 2.45) is 0 Å². The summed E-state index contributed by atoms with van der Waals surface area (Å²) in [5.41, 5.74) is 10.1. The number of rotatable bonds is 0. The second-order valence-corrected chi connectivity index (χ2v) is 4.08. The van der Waals surface area contributed by atoms with Gasteiger partial charge in [-0.25, -0.2) is 0 Å². The molecule has 0 aliphatic heterocycles. The highest BCUT2D eigenvalue weighted by molar-refractivity contribution is 6.12. The van der Waals surface area contributed by atoms with Crippen molar-refractivity contribution >= 4 is 11.5 Å². The monoisotopic (exact) mass is 239 g/mol. The summed E-state index contributed by atoms with van der Waals surface area (Å²) in [7, 11) is 0. The van der Waals surface area contributed by atoms with Crippen LogP contribution in [0.3, 0.4) is 0 Å². The molecule has 1 aliphatic rings. The number of fused-ring (bicyclic) bond motifs is 2. The molecule has 0 unspecified atom stereocenters. The highest BCUT2D eigenvalue weighted by atomic mass is 16.1. The number of nitrogen functional groups attached to an aromatic ring is 1. The van der Waals surface area contributed by atoms with Gasteiger partial charge in [-0.15, -0.1) is 0 Å². The molecule has 3 rings (SSSR count). The van der Waals surface area contributed by atoms with E-state index in [0.29, 0.717) is 5.69 Å².